The summed E-state index contributed by atoms with van der Waals surface area (Å²) in [6, 6.07) is 9.94. The van der Waals surface area contributed by atoms with Crippen molar-refractivity contribution in [3.8, 4) is 5.82 Å². The van der Waals surface area contributed by atoms with Gasteiger partial charge in [-0.15, -0.1) is 0 Å². The largest absolute Gasteiger partial charge is 0.341 e. The fourth-order valence-corrected chi connectivity index (χ4v) is 2.10. The molecular weight excluding hydrogens is 320 g/mol. The van der Waals surface area contributed by atoms with Crippen LogP contribution in [-0.2, 0) is 0 Å². The molecule has 0 aliphatic carbocycles. The van der Waals surface area contributed by atoms with Gasteiger partial charge in [-0.1, -0.05) is 0 Å². The number of hydrogen-bond donors (Lipinski definition) is 3. The van der Waals surface area contributed by atoms with Crippen LogP contribution < -0.4 is 16.0 Å². The highest BCUT2D eigenvalue weighted by atomic mass is 16.2. The summed E-state index contributed by atoms with van der Waals surface area (Å²) in [6.07, 6.45) is 6.57. The van der Waals surface area contributed by atoms with Crippen LogP contribution in [0.3, 0.4) is 0 Å². The Hall–Kier alpha value is -3.68. The second kappa shape index (κ2) is 7.26. The molecule has 2 heterocycles. The van der Waals surface area contributed by atoms with Crippen LogP contribution in [0.4, 0.5) is 16.2 Å². The van der Waals surface area contributed by atoms with E-state index in [0.29, 0.717) is 22.8 Å². The number of imidazole rings is 1. The van der Waals surface area contributed by atoms with Crippen LogP contribution in [-0.4, -0.2) is 33.5 Å². The standard InChI is InChI=1S/C17H16N6O2/c1-18-17(25)22-14-5-3-13(4-6-14)21-16(24)12-2-7-15(20-10-12)23-9-8-19-11-23/h2-11H,1H3,(H,21,24)(H2,18,22,25). The van der Waals surface area contributed by atoms with E-state index in [2.05, 4.69) is 25.9 Å². The molecule has 0 radical (unpaired) electrons. The quantitative estimate of drug-likeness (QED) is 0.680. The van der Waals surface area contributed by atoms with Gasteiger partial charge in [-0.05, 0) is 36.4 Å². The number of aromatic nitrogens is 3. The van der Waals surface area contributed by atoms with Gasteiger partial charge in [0.15, 0.2) is 0 Å². The molecule has 2 aromatic heterocycles. The van der Waals surface area contributed by atoms with Gasteiger partial charge in [-0.3, -0.25) is 9.36 Å². The maximum Gasteiger partial charge on any atom is 0.318 e. The topological polar surface area (TPSA) is 101 Å². The van der Waals surface area contributed by atoms with Crippen molar-refractivity contribution in [2.75, 3.05) is 17.7 Å². The van der Waals surface area contributed by atoms with Crippen LogP contribution in [0.5, 0.6) is 0 Å². The number of nitrogens with zero attached hydrogens (tertiary/aromatic N) is 3. The van der Waals surface area contributed by atoms with Gasteiger partial charge in [0.05, 0.1) is 5.56 Å². The predicted molar refractivity (Wildman–Crippen MR) is 93.8 cm³/mol. The molecule has 3 amide bonds. The van der Waals surface area contributed by atoms with E-state index < -0.39 is 0 Å². The van der Waals surface area contributed by atoms with E-state index in [1.165, 1.54) is 13.2 Å². The number of urea groups is 1. The highest BCUT2D eigenvalue weighted by molar-refractivity contribution is 6.04. The van der Waals surface area contributed by atoms with Gasteiger partial charge < -0.3 is 16.0 Å². The first-order valence-electron chi connectivity index (χ1n) is 7.50. The minimum Gasteiger partial charge on any atom is -0.341 e. The lowest BCUT2D eigenvalue weighted by Crippen LogP contribution is -2.24. The SMILES string of the molecule is CNC(=O)Nc1ccc(NC(=O)c2ccc(-n3ccnc3)nc2)cc1. The molecule has 0 atom stereocenters. The summed E-state index contributed by atoms with van der Waals surface area (Å²) in [5.41, 5.74) is 1.69. The smallest absolute Gasteiger partial charge is 0.318 e. The van der Waals surface area contributed by atoms with E-state index in [1.807, 2.05) is 0 Å². The number of nitrogens with one attached hydrogen (secondary N) is 3. The molecule has 25 heavy (non-hydrogen) atoms. The fourth-order valence-electron chi connectivity index (χ4n) is 2.10. The highest BCUT2D eigenvalue weighted by Gasteiger charge is 2.08. The molecule has 1 aromatic carbocycles. The lowest BCUT2D eigenvalue weighted by atomic mass is 10.2. The molecule has 0 saturated heterocycles. The summed E-state index contributed by atoms with van der Waals surface area (Å²) < 4.78 is 1.75. The number of anilines is 2. The Labute approximate surface area is 143 Å². The molecule has 0 aliphatic heterocycles. The third-order valence-electron chi connectivity index (χ3n) is 3.41. The number of pyridine rings is 1. The molecule has 0 aliphatic rings. The van der Waals surface area contributed by atoms with Crippen LogP contribution >= 0.6 is 0 Å². The number of hydrogen-bond acceptors (Lipinski definition) is 4. The average Bonchev–Trinajstić information content (AvgIpc) is 3.18. The maximum absolute atomic E-state index is 12.3. The second-order valence-corrected chi connectivity index (χ2v) is 5.11. The van der Waals surface area contributed by atoms with E-state index in [1.54, 1.807) is 59.7 Å². The normalized spacial score (nSPS) is 10.1. The molecular formula is C17H16N6O2. The monoisotopic (exact) mass is 336 g/mol. The third-order valence-corrected chi connectivity index (χ3v) is 3.41. The molecule has 8 heteroatoms. The van der Waals surface area contributed by atoms with Crippen molar-refractivity contribution < 1.29 is 9.59 Å². The summed E-state index contributed by atoms with van der Waals surface area (Å²) in [7, 11) is 1.54. The molecule has 0 saturated carbocycles. The van der Waals surface area contributed by atoms with Crippen LogP contribution in [0.2, 0.25) is 0 Å². The van der Waals surface area contributed by atoms with Gasteiger partial charge in [-0.25, -0.2) is 14.8 Å². The predicted octanol–water partition coefficient (Wildman–Crippen LogP) is 2.27. The van der Waals surface area contributed by atoms with E-state index >= 15 is 0 Å². The van der Waals surface area contributed by atoms with Crippen molar-refractivity contribution >= 4 is 23.3 Å². The van der Waals surface area contributed by atoms with Crippen molar-refractivity contribution in [1.82, 2.24) is 19.9 Å². The number of carbonyl (C=O) groups is 2. The number of carbonyl (C=O) groups excluding carboxylic acids is 2. The van der Waals surface area contributed by atoms with Crippen molar-refractivity contribution in [2.24, 2.45) is 0 Å². The summed E-state index contributed by atoms with van der Waals surface area (Å²) >= 11 is 0. The van der Waals surface area contributed by atoms with Crippen molar-refractivity contribution in [2.45, 2.75) is 0 Å². The zero-order valence-corrected chi connectivity index (χ0v) is 13.4. The van der Waals surface area contributed by atoms with Crippen LogP contribution in [0.15, 0.2) is 61.3 Å². The Kier molecular flexibility index (Phi) is 4.70. The molecule has 8 nitrogen and oxygen atoms in total. The van der Waals surface area contributed by atoms with Gasteiger partial charge >= 0.3 is 6.03 Å². The Morgan fingerprint density at radius 2 is 1.72 bits per heavy atom. The molecule has 3 rings (SSSR count). The molecule has 3 N–H and O–H groups in total. The van der Waals surface area contributed by atoms with Gasteiger partial charge in [-0.2, -0.15) is 0 Å². The van der Waals surface area contributed by atoms with Crippen LogP contribution in [0.25, 0.3) is 5.82 Å². The van der Waals surface area contributed by atoms with Crippen molar-refractivity contribution in [1.29, 1.82) is 0 Å². The van der Waals surface area contributed by atoms with Crippen LogP contribution in [0, 0.1) is 0 Å². The summed E-state index contributed by atoms with van der Waals surface area (Å²) in [5, 5.41) is 7.89. The molecule has 0 bridgehead atoms. The summed E-state index contributed by atoms with van der Waals surface area (Å²) in [5.74, 6) is 0.412. The first-order valence-corrected chi connectivity index (χ1v) is 7.50. The Bertz CT molecular complexity index is 857. The van der Waals surface area contributed by atoms with Crippen LogP contribution in [0.1, 0.15) is 10.4 Å². The van der Waals surface area contributed by atoms with E-state index in [0.717, 1.165) is 0 Å². The van der Waals surface area contributed by atoms with E-state index in [9.17, 15) is 9.59 Å². The zero-order valence-electron chi connectivity index (χ0n) is 13.4. The first-order chi connectivity index (χ1) is 12.2. The Morgan fingerprint density at radius 1 is 1.00 bits per heavy atom. The molecule has 0 unspecified atom stereocenters. The van der Waals surface area contributed by atoms with Crippen molar-refractivity contribution in [3.63, 3.8) is 0 Å². The summed E-state index contributed by atoms with van der Waals surface area (Å²) in [4.78, 5) is 31.7. The average molecular weight is 336 g/mol. The minimum absolute atomic E-state index is 0.267. The first kappa shape index (κ1) is 16.2. The zero-order chi connectivity index (χ0) is 17.6. The van der Waals surface area contributed by atoms with Crippen molar-refractivity contribution in [3.05, 3.63) is 66.9 Å². The minimum atomic E-state index is -0.305. The lowest BCUT2D eigenvalue weighted by Gasteiger charge is -2.08. The number of amides is 3. The highest BCUT2D eigenvalue weighted by Crippen LogP contribution is 2.15. The Balaban J connectivity index is 1.64. The van der Waals surface area contributed by atoms with E-state index in [-0.39, 0.29) is 11.9 Å². The third kappa shape index (κ3) is 3.99. The Morgan fingerprint density at radius 3 is 2.28 bits per heavy atom. The van der Waals surface area contributed by atoms with E-state index in [4.69, 9.17) is 0 Å². The van der Waals surface area contributed by atoms with Gasteiger partial charge in [0.25, 0.3) is 5.91 Å². The molecule has 0 spiro atoms. The van der Waals surface area contributed by atoms with Gasteiger partial charge in [0.2, 0.25) is 0 Å². The second-order valence-electron chi connectivity index (χ2n) is 5.11. The molecule has 126 valence electrons. The maximum atomic E-state index is 12.3. The molecule has 3 aromatic rings. The van der Waals surface area contributed by atoms with Gasteiger partial charge in [0, 0.05) is 37.0 Å². The fraction of sp³-hybridized carbons (Fsp3) is 0.0588. The summed E-state index contributed by atoms with van der Waals surface area (Å²) in [6.45, 7) is 0. The van der Waals surface area contributed by atoms with Gasteiger partial charge in [0.1, 0.15) is 12.1 Å². The number of rotatable bonds is 4. The number of benzene rings is 1. The lowest BCUT2D eigenvalue weighted by molar-refractivity contribution is 0.102. The molecule has 0 fully saturated rings.